The summed E-state index contributed by atoms with van der Waals surface area (Å²) in [5.41, 5.74) is 17.2. The number of H-pyrrole nitrogens is 1. The summed E-state index contributed by atoms with van der Waals surface area (Å²) in [7, 11) is 0. The molecule has 0 bridgehead atoms. The third-order valence-electron chi connectivity index (χ3n) is 6.80. The Morgan fingerprint density at radius 1 is 1.12 bits per heavy atom. The van der Waals surface area contributed by atoms with Gasteiger partial charge in [0.05, 0.1) is 17.7 Å². The normalized spacial score (nSPS) is 20.5. The van der Waals surface area contributed by atoms with Crippen molar-refractivity contribution >= 4 is 29.3 Å². The lowest BCUT2D eigenvalue weighted by atomic mass is 9.86. The van der Waals surface area contributed by atoms with Gasteiger partial charge in [0, 0.05) is 23.2 Å². The number of aromatic nitrogens is 3. The zero-order chi connectivity index (χ0) is 22.4. The Morgan fingerprint density at radius 2 is 1.85 bits per heavy atom. The van der Waals surface area contributed by atoms with Crippen LogP contribution in [0.25, 0.3) is 22.3 Å². The molecule has 2 saturated carbocycles. The Hall–Kier alpha value is -2.64. The Labute approximate surface area is 200 Å². The third-order valence-corrected chi connectivity index (χ3v) is 6.80. The minimum Gasteiger partial charge on any atom is -0.493 e. The summed E-state index contributed by atoms with van der Waals surface area (Å²) in [6.45, 7) is 4.63. The van der Waals surface area contributed by atoms with Crippen LogP contribution in [-0.4, -0.2) is 33.5 Å². The average Bonchev–Trinajstić information content (AvgIpc) is 3.52. The van der Waals surface area contributed by atoms with Crippen molar-refractivity contribution in [1.29, 1.82) is 0 Å². The fourth-order valence-corrected chi connectivity index (χ4v) is 4.71. The maximum absolute atomic E-state index is 12.3. The first kappa shape index (κ1) is 23.5. The Bertz CT molecular complexity index is 1180. The highest BCUT2D eigenvalue weighted by atomic mass is 35.5. The molecule has 0 unspecified atom stereocenters. The van der Waals surface area contributed by atoms with Gasteiger partial charge in [0.25, 0.3) is 5.91 Å². The van der Waals surface area contributed by atoms with E-state index >= 15 is 0 Å². The predicted octanol–water partition coefficient (Wildman–Crippen LogP) is 4.54. The SMILES string of the molecule is Cc1ccc(OCC2CC2)c(-c2nc(C3CCC(N)CC3)nc3c(C(N)=O)c(C)[nH]c23)c1.Cl. The lowest BCUT2D eigenvalue weighted by Gasteiger charge is -2.25. The molecule has 2 aliphatic rings. The first-order valence-electron chi connectivity index (χ1n) is 11.6. The van der Waals surface area contributed by atoms with E-state index in [0.717, 1.165) is 59.6 Å². The molecule has 1 aromatic carbocycles. The molecule has 8 heteroatoms. The second-order valence-corrected chi connectivity index (χ2v) is 9.51. The van der Waals surface area contributed by atoms with Gasteiger partial charge in [-0.25, -0.2) is 9.97 Å². The molecular weight excluding hydrogens is 438 g/mol. The standard InChI is InChI=1S/C25H31N5O2.ClH/c1-13-3-10-19(32-12-15-4-5-15)18(11-13)21-23-22(20(24(27)31)14(2)28-23)30-25(29-21)16-6-8-17(26)9-7-16;/h3,10-11,15-17,28H,4-9,12,26H2,1-2H3,(H2,27,31);1H. The van der Waals surface area contributed by atoms with Crippen molar-refractivity contribution in [2.24, 2.45) is 17.4 Å². The number of hydrogen-bond donors (Lipinski definition) is 3. The van der Waals surface area contributed by atoms with Crippen LogP contribution in [0, 0.1) is 19.8 Å². The first-order valence-corrected chi connectivity index (χ1v) is 11.6. The molecule has 7 nitrogen and oxygen atoms in total. The van der Waals surface area contributed by atoms with Crippen LogP contribution in [0.4, 0.5) is 0 Å². The van der Waals surface area contributed by atoms with Gasteiger partial charge in [-0.15, -0.1) is 12.4 Å². The van der Waals surface area contributed by atoms with Crippen LogP contribution < -0.4 is 16.2 Å². The summed E-state index contributed by atoms with van der Waals surface area (Å²) in [5.74, 6) is 1.95. The van der Waals surface area contributed by atoms with Crippen molar-refractivity contribution in [2.45, 2.75) is 64.3 Å². The lowest BCUT2D eigenvalue weighted by molar-refractivity contribution is 0.100. The lowest BCUT2D eigenvalue weighted by Crippen LogP contribution is -2.26. The van der Waals surface area contributed by atoms with Crippen LogP contribution in [0.5, 0.6) is 5.75 Å². The second kappa shape index (κ2) is 9.31. The molecule has 2 fully saturated rings. The molecule has 3 aromatic rings. The number of benzene rings is 1. The van der Waals surface area contributed by atoms with E-state index in [4.69, 9.17) is 26.2 Å². The number of nitrogens with one attached hydrogen (secondary N) is 1. The Kier molecular flexibility index (Phi) is 6.64. The van der Waals surface area contributed by atoms with Gasteiger partial charge in [0.2, 0.25) is 0 Å². The van der Waals surface area contributed by atoms with Crippen LogP contribution in [0.15, 0.2) is 18.2 Å². The van der Waals surface area contributed by atoms with E-state index in [-0.39, 0.29) is 24.4 Å². The van der Waals surface area contributed by atoms with Crippen LogP contribution >= 0.6 is 12.4 Å². The van der Waals surface area contributed by atoms with E-state index in [1.165, 1.54) is 12.8 Å². The third kappa shape index (κ3) is 4.70. The first-order chi connectivity index (χ1) is 15.4. The Morgan fingerprint density at radius 3 is 2.52 bits per heavy atom. The minimum atomic E-state index is -0.482. The van der Waals surface area contributed by atoms with E-state index in [2.05, 4.69) is 24.0 Å². The zero-order valence-electron chi connectivity index (χ0n) is 19.2. The van der Waals surface area contributed by atoms with Gasteiger partial charge >= 0.3 is 0 Å². The van der Waals surface area contributed by atoms with Crippen molar-refractivity contribution in [3.8, 4) is 17.0 Å². The number of ether oxygens (including phenoxy) is 1. The molecule has 0 spiro atoms. The molecule has 0 atom stereocenters. The highest BCUT2D eigenvalue weighted by Gasteiger charge is 2.28. The van der Waals surface area contributed by atoms with Crippen molar-refractivity contribution in [1.82, 2.24) is 15.0 Å². The van der Waals surface area contributed by atoms with E-state index in [1.807, 2.05) is 13.0 Å². The summed E-state index contributed by atoms with van der Waals surface area (Å²) in [6.07, 6.45) is 6.25. The number of fused-ring (bicyclic) bond motifs is 1. The Balaban J connectivity index is 0.00000259. The maximum atomic E-state index is 12.3. The van der Waals surface area contributed by atoms with Crippen molar-refractivity contribution < 1.29 is 9.53 Å². The van der Waals surface area contributed by atoms with E-state index in [1.54, 1.807) is 0 Å². The van der Waals surface area contributed by atoms with E-state index in [9.17, 15) is 4.79 Å². The molecule has 2 aliphatic carbocycles. The van der Waals surface area contributed by atoms with Gasteiger partial charge in [-0.2, -0.15) is 0 Å². The summed E-state index contributed by atoms with van der Waals surface area (Å²) in [6, 6.07) is 6.42. The summed E-state index contributed by atoms with van der Waals surface area (Å²) in [5, 5.41) is 0. The van der Waals surface area contributed by atoms with E-state index in [0.29, 0.717) is 29.3 Å². The second-order valence-electron chi connectivity index (χ2n) is 9.51. The van der Waals surface area contributed by atoms with Crippen LogP contribution in [0.3, 0.4) is 0 Å². The number of hydrogen-bond acceptors (Lipinski definition) is 5. The quantitative estimate of drug-likeness (QED) is 0.489. The molecule has 1 amide bonds. The van der Waals surface area contributed by atoms with Gasteiger partial charge in [-0.1, -0.05) is 11.6 Å². The number of carbonyl (C=O) groups is 1. The number of aryl methyl sites for hydroxylation is 2. The number of aromatic amines is 1. The molecule has 5 rings (SSSR count). The number of nitrogens with two attached hydrogens (primary N) is 2. The fraction of sp³-hybridized carbons (Fsp3) is 0.480. The fourth-order valence-electron chi connectivity index (χ4n) is 4.71. The average molecular weight is 470 g/mol. The van der Waals surface area contributed by atoms with Gasteiger partial charge in [-0.3, -0.25) is 4.79 Å². The molecule has 2 heterocycles. The predicted molar refractivity (Wildman–Crippen MR) is 132 cm³/mol. The van der Waals surface area contributed by atoms with Crippen molar-refractivity contribution in [2.75, 3.05) is 6.61 Å². The largest absolute Gasteiger partial charge is 0.493 e. The number of carbonyl (C=O) groups excluding carboxylic acids is 1. The van der Waals surface area contributed by atoms with Gasteiger partial charge in [0.1, 0.15) is 22.8 Å². The number of nitrogens with zero attached hydrogens (tertiary/aromatic N) is 2. The number of amides is 1. The van der Waals surface area contributed by atoms with Gasteiger partial charge < -0.3 is 21.2 Å². The zero-order valence-corrected chi connectivity index (χ0v) is 20.0. The highest BCUT2D eigenvalue weighted by Crippen LogP contribution is 2.39. The van der Waals surface area contributed by atoms with Crippen LogP contribution in [0.2, 0.25) is 0 Å². The highest BCUT2D eigenvalue weighted by molar-refractivity contribution is 6.08. The molecule has 0 radical (unpaired) electrons. The molecule has 0 saturated heterocycles. The number of halogens is 1. The monoisotopic (exact) mass is 469 g/mol. The van der Waals surface area contributed by atoms with Crippen LogP contribution in [0.1, 0.15) is 71.9 Å². The van der Waals surface area contributed by atoms with Crippen molar-refractivity contribution in [3.63, 3.8) is 0 Å². The number of primary amides is 1. The summed E-state index contributed by atoms with van der Waals surface area (Å²) < 4.78 is 6.22. The summed E-state index contributed by atoms with van der Waals surface area (Å²) in [4.78, 5) is 25.5. The van der Waals surface area contributed by atoms with Gasteiger partial charge in [-0.05, 0) is 70.4 Å². The molecule has 0 aliphatic heterocycles. The molecule has 2 aromatic heterocycles. The smallest absolute Gasteiger partial charge is 0.252 e. The number of rotatable bonds is 6. The molecule has 33 heavy (non-hydrogen) atoms. The van der Waals surface area contributed by atoms with Crippen molar-refractivity contribution in [3.05, 3.63) is 40.8 Å². The van der Waals surface area contributed by atoms with Gasteiger partial charge in [0.15, 0.2) is 0 Å². The molecule has 5 N–H and O–H groups in total. The molecular formula is C25H32ClN5O2. The topological polar surface area (TPSA) is 120 Å². The maximum Gasteiger partial charge on any atom is 0.252 e. The van der Waals surface area contributed by atoms with E-state index < -0.39 is 5.91 Å². The van der Waals surface area contributed by atoms with Crippen LogP contribution in [-0.2, 0) is 0 Å². The summed E-state index contributed by atoms with van der Waals surface area (Å²) >= 11 is 0. The molecule has 176 valence electrons. The minimum absolute atomic E-state index is 0.